The number of rotatable bonds is 3. The number of hydrogen-bond acceptors (Lipinski definition) is 0. The molecule has 0 saturated heterocycles. The molecule has 0 aromatic heterocycles. The standard InChI is InChI=1S/C5H10.2H2N.Ta/c1-3-5-4-2;;;/h1H,3-5H2,2H3;2*1H2;/q;2*-1;. The fourth-order valence-corrected chi connectivity index (χ4v) is 0.951. The van der Waals surface area contributed by atoms with Crippen molar-refractivity contribution in [3.8, 4) is 0 Å². The van der Waals surface area contributed by atoms with E-state index in [2.05, 4.69) is 11.1 Å². The van der Waals surface area contributed by atoms with Gasteiger partial charge in [0.05, 0.1) is 0 Å². The van der Waals surface area contributed by atoms with E-state index in [0.717, 1.165) is 0 Å². The molecule has 0 saturated carbocycles. The van der Waals surface area contributed by atoms with E-state index in [1.807, 2.05) is 0 Å². The summed E-state index contributed by atoms with van der Waals surface area (Å²) >= 11 is 1.44. The van der Waals surface area contributed by atoms with Crippen LogP contribution in [0.15, 0.2) is 0 Å². The Morgan fingerprint density at radius 1 is 1.38 bits per heavy atom. The van der Waals surface area contributed by atoms with Gasteiger partial charge in [0.25, 0.3) is 0 Å². The van der Waals surface area contributed by atoms with E-state index in [0.29, 0.717) is 0 Å². The molecule has 2 nitrogen and oxygen atoms in total. The summed E-state index contributed by atoms with van der Waals surface area (Å²) in [6.07, 6.45) is 4.06. The fraction of sp³-hybridized carbons (Fsp3) is 0.800. The zero-order valence-electron chi connectivity index (χ0n) is 5.30. The Morgan fingerprint density at radius 3 is 2.00 bits per heavy atom. The molecule has 0 amide bonds. The van der Waals surface area contributed by atoms with E-state index < -0.39 is 0 Å². The van der Waals surface area contributed by atoms with Crippen molar-refractivity contribution in [1.29, 1.82) is 0 Å². The first-order chi connectivity index (χ1) is 2.91. The van der Waals surface area contributed by atoms with Gasteiger partial charge in [-0.15, -0.1) is 0 Å². The van der Waals surface area contributed by atoms with E-state index in [-0.39, 0.29) is 12.3 Å². The second kappa shape index (κ2) is 15.6. The van der Waals surface area contributed by atoms with Gasteiger partial charge in [-0.1, -0.05) is 0 Å². The maximum absolute atomic E-state index is 2.32. The Morgan fingerprint density at radius 2 is 1.88 bits per heavy atom. The first-order valence-electron chi connectivity index (χ1n) is 2.37. The Kier molecular flexibility index (Phi) is 30.9. The van der Waals surface area contributed by atoms with E-state index in [9.17, 15) is 0 Å². The van der Waals surface area contributed by atoms with Gasteiger partial charge in [0.2, 0.25) is 0 Å². The van der Waals surface area contributed by atoms with Gasteiger partial charge in [0, 0.05) is 0 Å². The SMILES string of the molecule is CCCC[CH]=[Ta].[NH2-].[NH2-]. The molecule has 0 radical (unpaired) electrons. The van der Waals surface area contributed by atoms with Gasteiger partial charge in [0.15, 0.2) is 0 Å². The topological polar surface area (TPSA) is 67.0 Å². The molecule has 0 aromatic rings. The van der Waals surface area contributed by atoms with Crippen LogP contribution in [0.25, 0.3) is 12.3 Å². The van der Waals surface area contributed by atoms with Crippen LogP contribution >= 0.6 is 0 Å². The molecule has 0 heterocycles. The molecular formula is C5H14N2Ta-2. The third kappa shape index (κ3) is 16.0. The van der Waals surface area contributed by atoms with Crippen molar-refractivity contribution in [3.63, 3.8) is 0 Å². The first kappa shape index (κ1) is 15.8. The van der Waals surface area contributed by atoms with Gasteiger partial charge >= 0.3 is 51.0 Å². The van der Waals surface area contributed by atoms with Crippen LogP contribution in [0.3, 0.4) is 0 Å². The molecular weight excluding hydrogens is 269 g/mol. The van der Waals surface area contributed by atoms with Crippen molar-refractivity contribution in [2.24, 2.45) is 0 Å². The molecule has 0 fully saturated rings. The molecule has 0 aromatic carbocycles. The van der Waals surface area contributed by atoms with Crippen LogP contribution < -0.4 is 0 Å². The fourth-order valence-electron chi connectivity index (χ4n) is 0.295. The second-order valence-electron chi connectivity index (χ2n) is 1.32. The van der Waals surface area contributed by atoms with Crippen molar-refractivity contribution in [1.82, 2.24) is 0 Å². The number of unbranched alkanes of at least 4 members (excludes halogenated alkanes) is 2. The van der Waals surface area contributed by atoms with Gasteiger partial charge in [-0.2, -0.15) is 0 Å². The molecule has 3 heteroatoms. The van der Waals surface area contributed by atoms with Crippen molar-refractivity contribution in [3.05, 3.63) is 12.3 Å². The van der Waals surface area contributed by atoms with E-state index in [1.165, 1.54) is 39.9 Å². The summed E-state index contributed by atoms with van der Waals surface area (Å²) in [4.78, 5) is 0. The first-order valence-corrected chi connectivity index (χ1v) is 4.23. The maximum atomic E-state index is 2.32. The van der Waals surface area contributed by atoms with Crippen LogP contribution in [0.1, 0.15) is 26.2 Å². The summed E-state index contributed by atoms with van der Waals surface area (Å²) in [6.45, 7) is 2.22. The Balaban J connectivity index is -0.000000125. The smallest absolute Gasteiger partial charge is 0.693 e. The average molecular weight is 283 g/mol. The van der Waals surface area contributed by atoms with E-state index in [4.69, 9.17) is 0 Å². The molecule has 0 aliphatic carbocycles. The van der Waals surface area contributed by atoms with Crippen LogP contribution in [-0.2, 0) is 20.6 Å². The van der Waals surface area contributed by atoms with Crippen LogP contribution in [-0.4, -0.2) is 4.23 Å². The minimum Gasteiger partial charge on any atom is -0.693 e. The molecule has 0 rings (SSSR count). The predicted molar refractivity (Wildman–Crippen MR) is 36.2 cm³/mol. The summed E-state index contributed by atoms with van der Waals surface area (Å²) in [6, 6.07) is 0. The van der Waals surface area contributed by atoms with Gasteiger partial charge in [-0.3, -0.25) is 0 Å². The average Bonchev–Trinajstić information content (AvgIpc) is 1.61. The van der Waals surface area contributed by atoms with Gasteiger partial charge in [-0.25, -0.2) is 0 Å². The minimum atomic E-state index is 0. The number of hydrogen-bond donors (Lipinski definition) is 0. The largest absolute Gasteiger partial charge is 0.693 e. The predicted octanol–water partition coefficient (Wildman–Crippen LogP) is 2.96. The maximum Gasteiger partial charge on any atom is -0.693 e. The summed E-state index contributed by atoms with van der Waals surface area (Å²) in [5.41, 5.74) is 0. The normalized spacial score (nSPS) is 6.00. The van der Waals surface area contributed by atoms with Crippen LogP contribution in [0.2, 0.25) is 0 Å². The van der Waals surface area contributed by atoms with Crippen molar-refractivity contribution in [2.75, 3.05) is 0 Å². The van der Waals surface area contributed by atoms with Gasteiger partial charge in [0.1, 0.15) is 0 Å². The third-order valence-corrected chi connectivity index (χ3v) is 1.61. The molecule has 0 aliphatic rings. The van der Waals surface area contributed by atoms with E-state index >= 15 is 0 Å². The quantitative estimate of drug-likeness (QED) is 0.715. The van der Waals surface area contributed by atoms with Crippen LogP contribution in [0, 0.1) is 0 Å². The van der Waals surface area contributed by atoms with Crippen LogP contribution in [0.5, 0.6) is 0 Å². The van der Waals surface area contributed by atoms with Crippen molar-refractivity contribution < 1.29 is 20.6 Å². The third-order valence-electron chi connectivity index (χ3n) is 0.687. The molecule has 0 aliphatic heterocycles. The molecule has 4 N–H and O–H groups in total. The van der Waals surface area contributed by atoms with Crippen molar-refractivity contribution >= 4 is 4.23 Å². The summed E-state index contributed by atoms with van der Waals surface area (Å²) in [7, 11) is 0. The molecule has 0 bridgehead atoms. The molecule has 51 valence electrons. The molecule has 0 unspecified atom stereocenters. The van der Waals surface area contributed by atoms with Gasteiger partial charge < -0.3 is 12.3 Å². The number of nitrogens with two attached hydrogens (primary N) is 2. The van der Waals surface area contributed by atoms with E-state index in [1.54, 1.807) is 0 Å². The summed E-state index contributed by atoms with van der Waals surface area (Å²) in [5, 5.41) is 0. The molecule has 8 heavy (non-hydrogen) atoms. The zero-order valence-corrected chi connectivity index (χ0v) is 8.51. The molecule has 0 atom stereocenters. The van der Waals surface area contributed by atoms with Crippen LogP contribution in [0.4, 0.5) is 0 Å². The molecule has 0 spiro atoms. The minimum absolute atomic E-state index is 0. The second-order valence-corrected chi connectivity index (χ2v) is 2.64. The summed E-state index contributed by atoms with van der Waals surface area (Å²) < 4.78 is 2.32. The monoisotopic (exact) mass is 283 g/mol. The van der Waals surface area contributed by atoms with Gasteiger partial charge in [-0.05, 0) is 0 Å². The van der Waals surface area contributed by atoms with Crippen molar-refractivity contribution in [2.45, 2.75) is 26.2 Å². The zero-order chi connectivity index (χ0) is 4.83. The Bertz CT molecular complexity index is 39.4. The Labute approximate surface area is 63.6 Å². The summed E-state index contributed by atoms with van der Waals surface area (Å²) in [5.74, 6) is 0. The Hall–Kier alpha value is 0.530.